The number of ether oxygens (including phenoxy) is 1. The van der Waals surface area contributed by atoms with Crippen LogP contribution in [0.2, 0.25) is 0 Å². The minimum absolute atomic E-state index is 0.0360. The van der Waals surface area contributed by atoms with E-state index in [-0.39, 0.29) is 18.3 Å². The Bertz CT molecular complexity index is 840. The molecule has 24 heavy (non-hydrogen) atoms. The predicted octanol–water partition coefficient (Wildman–Crippen LogP) is 4.02. The van der Waals surface area contributed by atoms with Crippen molar-refractivity contribution in [1.29, 1.82) is 0 Å². The summed E-state index contributed by atoms with van der Waals surface area (Å²) in [5.41, 5.74) is 0.873. The van der Waals surface area contributed by atoms with Gasteiger partial charge >= 0.3 is 0 Å². The van der Waals surface area contributed by atoms with E-state index >= 15 is 0 Å². The smallest absolute Gasteiger partial charge is 0.260 e. The van der Waals surface area contributed by atoms with Gasteiger partial charge in [-0.1, -0.05) is 48.5 Å². The maximum absolute atomic E-state index is 12.9. The molecule has 3 rings (SSSR count). The van der Waals surface area contributed by atoms with E-state index in [4.69, 9.17) is 4.74 Å². The molecule has 0 atom stereocenters. The number of hydrogen-bond donors (Lipinski definition) is 0. The molecule has 122 valence electrons. The predicted molar refractivity (Wildman–Crippen MR) is 92.3 cm³/mol. The third-order valence-corrected chi connectivity index (χ3v) is 3.86. The lowest BCUT2D eigenvalue weighted by atomic mass is 10.1. The van der Waals surface area contributed by atoms with E-state index in [2.05, 4.69) is 0 Å². The highest BCUT2D eigenvalue weighted by molar-refractivity contribution is 5.88. The zero-order valence-electron chi connectivity index (χ0n) is 13.4. The van der Waals surface area contributed by atoms with Gasteiger partial charge in [0.25, 0.3) is 5.91 Å². The minimum Gasteiger partial charge on any atom is -0.483 e. The van der Waals surface area contributed by atoms with Crippen molar-refractivity contribution in [1.82, 2.24) is 4.90 Å². The highest BCUT2D eigenvalue weighted by atomic mass is 19.1. The summed E-state index contributed by atoms with van der Waals surface area (Å²) in [7, 11) is 1.71. The van der Waals surface area contributed by atoms with E-state index in [0.29, 0.717) is 12.3 Å². The van der Waals surface area contributed by atoms with Crippen LogP contribution in [-0.4, -0.2) is 24.5 Å². The summed E-state index contributed by atoms with van der Waals surface area (Å²) in [6.07, 6.45) is 0. The van der Waals surface area contributed by atoms with Crippen molar-refractivity contribution in [3.8, 4) is 5.75 Å². The van der Waals surface area contributed by atoms with Crippen LogP contribution in [0.4, 0.5) is 4.39 Å². The first-order valence-corrected chi connectivity index (χ1v) is 7.72. The average molecular weight is 323 g/mol. The van der Waals surface area contributed by atoms with Crippen molar-refractivity contribution in [2.75, 3.05) is 13.7 Å². The monoisotopic (exact) mass is 323 g/mol. The highest BCUT2D eigenvalue weighted by Gasteiger charge is 2.11. The van der Waals surface area contributed by atoms with Crippen molar-refractivity contribution >= 4 is 16.7 Å². The first kappa shape index (κ1) is 16.0. The molecule has 3 aromatic rings. The van der Waals surface area contributed by atoms with Crippen molar-refractivity contribution in [2.45, 2.75) is 6.54 Å². The van der Waals surface area contributed by atoms with Crippen LogP contribution in [0.15, 0.2) is 66.7 Å². The molecule has 3 aromatic carbocycles. The van der Waals surface area contributed by atoms with Crippen molar-refractivity contribution in [2.24, 2.45) is 0 Å². The molecule has 3 nitrogen and oxygen atoms in total. The van der Waals surface area contributed by atoms with Gasteiger partial charge in [-0.05, 0) is 29.1 Å². The maximum atomic E-state index is 12.9. The molecule has 0 spiro atoms. The number of halogens is 1. The second-order valence-corrected chi connectivity index (χ2v) is 5.64. The van der Waals surface area contributed by atoms with E-state index < -0.39 is 0 Å². The SMILES string of the molecule is CN(Cc1ccc(F)cc1)C(=O)COc1cccc2ccccc12. The van der Waals surface area contributed by atoms with Crippen LogP contribution in [0.5, 0.6) is 5.75 Å². The lowest BCUT2D eigenvalue weighted by molar-refractivity contribution is -0.132. The standard InChI is InChI=1S/C20H18FNO2/c1-22(13-15-9-11-17(21)12-10-15)20(23)14-24-19-8-4-6-16-5-2-3-7-18(16)19/h2-12H,13-14H2,1H3. The molecule has 0 aliphatic carbocycles. The Morgan fingerprint density at radius 1 is 1.00 bits per heavy atom. The maximum Gasteiger partial charge on any atom is 0.260 e. The number of carbonyl (C=O) groups is 1. The van der Waals surface area contributed by atoms with E-state index in [1.807, 2.05) is 42.5 Å². The van der Waals surface area contributed by atoms with Crippen molar-refractivity contribution in [3.05, 3.63) is 78.1 Å². The normalized spacial score (nSPS) is 10.6. The van der Waals surface area contributed by atoms with Gasteiger partial charge in [-0.2, -0.15) is 0 Å². The molecule has 1 amide bonds. The van der Waals surface area contributed by atoms with Gasteiger partial charge < -0.3 is 9.64 Å². The molecule has 0 heterocycles. The van der Waals surface area contributed by atoms with Gasteiger partial charge in [-0.3, -0.25) is 4.79 Å². The molecule has 0 N–H and O–H groups in total. The minimum atomic E-state index is -0.285. The number of carbonyl (C=O) groups excluding carboxylic acids is 1. The zero-order valence-corrected chi connectivity index (χ0v) is 13.4. The van der Waals surface area contributed by atoms with E-state index in [1.54, 1.807) is 24.1 Å². The summed E-state index contributed by atoms with van der Waals surface area (Å²) in [4.78, 5) is 13.8. The molecule has 0 aliphatic rings. The zero-order chi connectivity index (χ0) is 16.9. The van der Waals surface area contributed by atoms with Crippen LogP contribution in [0.25, 0.3) is 10.8 Å². The molecule has 4 heteroatoms. The number of nitrogens with zero attached hydrogens (tertiary/aromatic N) is 1. The molecule has 0 aliphatic heterocycles. The average Bonchev–Trinajstić information content (AvgIpc) is 2.61. The van der Waals surface area contributed by atoms with Crippen LogP contribution in [-0.2, 0) is 11.3 Å². The van der Waals surface area contributed by atoms with Gasteiger partial charge in [0.1, 0.15) is 11.6 Å². The largest absolute Gasteiger partial charge is 0.483 e. The van der Waals surface area contributed by atoms with Gasteiger partial charge in [-0.25, -0.2) is 4.39 Å². The Kier molecular flexibility index (Phi) is 4.75. The molecule has 0 aromatic heterocycles. The molecule has 0 bridgehead atoms. The number of likely N-dealkylation sites (N-methyl/N-ethyl adjacent to an activating group) is 1. The van der Waals surface area contributed by atoms with Gasteiger partial charge in [-0.15, -0.1) is 0 Å². The lowest BCUT2D eigenvalue weighted by Gasteiger charge is -2.18. The molecule has 0 unspecified atom stereocenters. The quantitative estimate of drug-likeness (QED) is 0.710. The highest BCUT2D eigenvalue weighted by Crippen LogP contribution is 2.25. The summed E-state index contributed by atoms with van der Waals surface area (Å²) < 4.78 is 18.6. The van der Waals surface area contributed by atoms with Crippen molar-refractivity contribution in [3.63, 3.8) is 0 Å². The Morgan fingerprint density at radius 3 is 2.50 bits per heavy atom. The van der Waals surface area contributed by atoms with E-state index in [9.17, 15) is 9.18 Å². The number of hydrogen-bond acceptors (Lipinski definition) is 2. The van der Waals surface area contributed by atoms with Crippen LogP contribution in [0, 0.1) is 5.82 Å². The van der Waals surface area contributed by atoms with Gasteiger partial charge in [0.05, 0.1) is 0 Å². The van der Waals surface area contributed by atoms with Crippen molar-refractivity contribution < 1.29 is 13.9 Å². The van der Waals surface area contributed by atoms with Crippen LogP contribution < -0.4 is 4.74 Å². The van der Waals surface area contributed by atoms with E-state index in [0.717, 1.165) is 16.3 Å². The molecule has 0 fully saturated rings. The molecular formula is C20H18FNO2. The summed E-state index contributed by atoms with van der Waals surface area (Å²) >= 11 is 0. The first-order valence-electron chi connectivity index (χ1n) is 7.72. The number of amides is 1. The fourth-order valence-electron chi connectivity index (χ4n) is 2.52. The summed E-state index contributed by atoms with van der Waals surface area (Å²) in [6.45, 7) is 0.379. The molecule has 0 saturated carbocycles. The lowest BCUT2D eigenvalue weighted by Crippen LogP contribution is -2.30. The topological polar surface area (TPSA) is 29.5 Å². The van der Waals surface area contributed by atoms with Crippen LogP contribution in [0.1, 0.15) is 5.56 Å². The van der Waals surface area contributed by atoms with E-state index in [1.165, 1.54) is 12.1 Å². The first-order chi connectivity index (χ1) is 11.6. The Labute approximate surface area is 140 Å². The summed E-state index contributed by atoms with van der Waals surface area (Å²) in [5, 5.41) is 2.05. The fourth-order valence-corrected chi connectivity index (χ4v) is 2.52. The van der Waals surface area contributed by atoms with Gasteiger partial charge in [0.2, 0.25) is 0 Å². The molecular weight excluding hydrogens is 305 g/mol. The number of fused-ring (bicyclic) bond motifs is 1. The van der Waals surface area contributed by atoms with Gasteiger partial charge in [0.15, 0.2) is 6.61 Å². The summed E-state index contributed by atoms with van der Waals surface area (Å²) in [5.74, 6) is 0.274. The second kappa shape index (κ2) is 7.13. The third kappa shape index (κ3) is 3.71. The molecule has 0 saturated heterocycles. The Morgan fingerprint density at radius 2 is 1.71 bits per heavy atom. The Balaban J connectivity index is 1.63. The third-order valence-electron chi connectivity index (χ3n) is 3.86. The molecule has 0 radical (unpaired) electrons. The summed E-state index contributed by atoms with van der Waals surface area (Å²) in [6, 6.07) is 19.8. The Hall–Kier alpha value is -2.88. The van der Waals surface area contributed by atoms with Gasteiger partial charge in [0, 0.05) is 19.0 Å². The van der Waals surface area contributed by atoms with Crippen LogP contribution >= 0.6 is 0 Å². The second-order valence-electron chi connectivity index (χ2n) is 5.64. The number of benzene rings is 3. The van der Waals surface area contributed by atoms with Crippen LogP contribution in [0.3, 0.4) is 0 Å². The fraction of sp³-hybridized carbons (Fsp3) is 0.150. The number of rotatable bonds is 5.